The van der Waals surface area contributed by atoms with Gasteiger partial charge in [-0.05, 0) is 57.6 Å². The fourth-order valence-electron chi connectivity index (χ4n) is 2.98. The first-order valence-electron chi connectivity index (χ1n) is 7.83. The molecule has 5 heteroatoms. The highest BCUT2D eigenvalue weighted by Gasteiger charge is 2.21. The Hall–Kier alpha value is -1.46. The van der Waals surface area contributed by atoms with Crippen molar-refractivity contribution < 1.29 is 14.2 Å². The van der Waals surface area contributed by atoms with Gasteiger partial charge in [0.05, 0.1) is 21.3 Å². The number of nitrogens with one attached hydrogen (secondary N) is 1. The zero-order valence-electron chi connectivity index (χ0n) is 14.3. The van der Waals surface area contributed by atoms with Gasteiger partial charge in [-0.2, -0.15) is 0 Å². The Bertz CT molecular complexity index is 460. The molecule has 0 saturated carbocycles. The number of rotatable bonds is 6. The van der Waals surface area contributed by atoms with E-state index in [9.17, 15) is 0 Å². The molecule has 1 aromatic carbocycles. The van der Waals surface area contributed by atoms with Gasteiger partial charge in [-0.1, -0.05) is 0 Å². The van der Waals surface area contributed by atoms with Crippen LogP contribution in [-0.2, 0) is 0 Å². The quantitative estimate of drug-likeness (QED) is 0.874. The minimum Gasteiger partial charge on any atom is -0.493 e. The topological polar surface area (TPSA) is 43.0 Å². The molecule has 1 aliphatic rings. The largest absolute Gasteiger partial charge is 0.493 e. The van der Waals surface area contributed by atoms with Crippen LogP contribution in [0.1, 0.15) is 31.4 Å². The molecule has 0 aliphatic carbocycles. The lowest BCUT2D eigenvalue weighted by molar-refractivity contribution is 0.226. The SMILES string of the molecule is COc1cc(C(C)NC2CCN(C)CC2)cc(OC)c1OC. The number of hydrogen-bond acceptors (Lipinski definition) is 5. The van der Waals surface area contributed by atoms with Crippen molar-refractivity contribution >= 4 is 0 Å². The maximum absolute atomic E-state index is 5.43. The third-order valence-corrected chi connectivity index (χ3v) is 4.39. The van der Waals surface area contributed by atoms with Crippen molar-refractivity contribution in [2.24, 2.45) is 0 Å². The lowest BCUT2D eigenvalue weighted by Crippen LogP contribution is -2.41. The van der Waals surface area contributed by atoms with Gasteiger partial charge in [0.2, 0.25) is 5.75 Å². The molecule has 1 aliphatic heterocycles. The van der Waals surface area contributed by atoms with Gasteiger partial charge in [0.15, 0.2) is 11.5 Å². The maximum Gasteiger partial charge on any atom is 0.203 e. The summed E-state index contributed by atoms with van der Waals surface area (Å²) in [4.78, 5) is 2.38. The van der Waals surface area contributed by atoms with Gasteiger partial charge in [0, 0.05) is 12.1 Å². The van der Waals surface area contributed by atoms with Gasteiger partial charge in [-0.3, -0.25) is 0 Å². The molecule has 2 rings (SSSR count). The average Bonchev–Trinajstić information content (AvgIpc) is 2.55. The van der Waals surface area contributed by atoms with E-state index in [1.54, 1.807) is 21.3 Å². The Kier molecular flexibility index (Phi) is 5.91. The van der Waals surface area contributed by atoms with Gasteiger partial charge in [-0.15, -0.1) is 0 Å². The zero-order chi connectivity index (χ0) is 16.1. The summed E-state index contributed by atoms with van der Waals surface area (Å²) in [6, 6.07) is 4.84. The Morgan fingerprint density at radius 2 is 1.59 bits per heavy atom. The van der Waals surface area contributed by atoms with E-state index in [4.69, 9.17) is 14.2 Å². The minimum absolute atomic E-state index is 0.238. The van der Waals surface area contributed by atoms with E-state index in [-0.39, 0.29) is 6.04 Å². The molecule has 1 unspecified atom stereocenters. The first-order valence-corrected chi connectivity index (χ1v) is 7.83. The Morgan fingerprint density at radius 1 is 1.05 bits per heavy atom. The molecule has 124 valence electrons. The lowest BCUT2D eigenvalue weighted by Gasteiger charge is -2.32. The molecule has 1 atom stereocenters. The second-order valence-electron chi connectivity index (χ2n) is 5.92. The highest BCUT2D eigenvalue weighted by Crippen LogP contribution is 2.39. The predicted molar refractivity (Wildman–Crippen MR) is 88.2 cm³/mol. The predicted octanol–water partition coefficient (Wildman–Crippen LogP) is 2.46. The summed E-state index contributed by atoms with van der Waals surface area (Å²) in [5.74, 6) is 2.04. The van der Waals surface area contributed by atoms with E-state index in [2.05, 4.69) is 24.2 Å². The van der Waals surface area contributed by atoms with Crippen LogP contribution in [0.3, 0.4) is 0 Å². The molecule has 22 heavy (non-hydrogen) atoms. The normalized spacial score (nSPS) is 18.0. The zero-order valence-corrected chi connectivity index (χ0v) is 14.3. The van der Waals surface area contributed by atoms with E-state index < -0.39 is 0 Å². The van der Waals surface area contributed by atoms with Crippen molar-refractivity contribution in [3.05, 3.63) is 17.7 Å². The molecule has 1 saturated heterocycles. The van der Waals surface area contributed by atoms with Gasteiger partial charge < -0.3 is 24.4 Å². The number of methoxy groups -OCH3 is 3. The standard InChI is InChI=1S/C17H28N2O3/c1-12(18-14-6-8-19(2)9-7-14)13-10-15(20-3)17(22-5)16(11-13)21-4/h10-12,14,18H,6-9H2,1-5H3. The molecular formula is C17H28N2O3. The van der Waals surface area contributed by atoms with E-state index in [1.807, 2.05) is 12.1 Å². The van der Waals surface area contributed by atoms with E-state index in [1.165, 1.54) is 12.8 Å². The van der Waals surface area contributed by atoms with Crippen molar-refractivity contribution in [3.63, 3.8) is 0 Å². The van der Waals surface area contributed by atoms with Crippen LogP contribution in [0.4, 0.5) is 0 Å². The Labute approximate surface area is 133 Å². The van der Waals surface area contributed by atoms with Crippen LogP contribution < -0.4 is 19.5 Å². The molecule has 1 fully saturated rings. The molecule has 0 spiro atoms. The number of piperidine rings is 1. The summed E-state index contributed by atoms with van der Waals surface area (Å²) < 4.78 is 16.2. The lowest BCUT2D eigenvalue weighted by atomic mass is 10.0. The number of likely N-dealkylation sites (tertiary alicyclic amines) is 1. The van der Waals surface area contributed by atoms with Crippen LogP contribution in [0.2, 0.25) is 0 Å². The monoisotopic (exact) mass is 308 g/mol. The number of hydrogen-bond donors (Lipinski definition) is 1. The van der Waals surface area contributed by atoms with Crippen LogP contribution in [0.5, 0.6) is 17.2 Å². The Morgan fingerprint density at radius 3 is 2.05 bits per heavy atom. The molecule has 0 radical (unpaired) electrons. The number of ether oxygens (including phenoxy) is 3. The smallest absolute Gasteiger partial charge is 0.203 e. The van der Waals surface area contributed by atoms with Crippen LogP contribution in [0, 0.1) is 0 Å². The van der Waals surface area contributed by atoms with Gasteiger partial charge in [-0.25, -0.2) is 0 Å². The summed E-state index contributed by atoms with van der Waals surface area (Å²) in [6.07, 6.45) is 2.37. The highest BCUT2D eigenvalue weighted by atomic mass is 16.5. The summed E-state index contributed by atoms with van der Waals surface area (Å²) in [7, 11) is 7.10. The second kappa shape index (κ2) is 7.70. The molecule has 1 N–H and O–H groups in total. The van der Waals surface area contributed by atoms with Crippen LogP contribution in [-0.4, -0.2) is 52.4 Å². The van der Waals surface area contributed by atoms with Crippen molar-refractivity contribution in [3.8, 4) is 17.2 Å². The molecule has 1 heterocycles. The van der Waals surface area contributed by atoms with Crippen molar-refractivity contribution in [2.45, 2.75) is 31.8 Å². The number of benzene rings is 1. The average molecular weight is 308 g/mol. The van der Waals surface area contributed by atoms with Crippen molar-refractivity contribution in [1.82, 2.24) is 10.2 Å². The minimum atomic E-state index is 0.238. The highest BCUT2D eigenvalue weighted by molar-refractivity contribution is 5.54. The summed E-state index contributed by atoms with van der Waals surface area (Å²) >= 11 is 0. The summed E-state index contributed by atoms with van der Waals surface area (Å²) in [5, 5.41) is 3.72. The van der Waals surface area contributed by atoms with Crippen molar-refractivity contribution in [1.29, 1.82) is 0 Å². The molecule has 1 aromatic rings. The van der Waals surface area contributed by atoms with Crippen LogP contribution in [0.25, 0.3) is 0 Å². The number of nitrogens with zero attached hydrogens (tertiary/aromatic N) is 1. The first-order chi connectivity index (χ1) is 10.6. The fourth-order valence-corrected chi connectivity index (χ4v) is 2.98. The molecule has 0 amide bonds. The second-order valence-corrected chi connectivity index (χ2v) is 5.92. The van der Waals surface area contributed by atoms with Crippen LogP contribution in [0.15, 0.2) is 12.1 Å². The van der Waals surface area contributed by atoms with Gasteiger partial charge in [0.1, 0.15) is 0 Å². The van der Waals surface area contributed by atoms with Gasteiger partial charge >= 0.3 is 0 Å². The Balaban J connectivity index is 2.13. The fraction of sp³-hybridized carbons (Fsp3) is 0.647. The molecule has 5 nitrogen and oxygen atoms in total. The van der Waals surface area contributed by atoms with Gasteiger partial charge in [0.25, 0.3) is 0 Å². The van der Waals surface area contributed by atoms with Crippen molar-refractivity contribution in [2.75, 3.05) is 41.5 Å². The first kappa shape index (κ1) is 16.9. The third-order valence-electron chi connectivity index (χ3n) is 4.39. The molecule has 0 aromatic heterocycles. The molecule has 0 bridgehead atoms. The maximum atomic E-state index is 5.43. The summed E-state index contributed by atoms with van der Waals surface area (Å²) in [5.41, 5.74) is 1.15. The van der Waals surface area contributed by atoms with E-state index in [0.29, 0.717) is 23.3 Å². The van der Waals surface area contributed by atoms with Crippen LogP contribution >= 0.6 is 0 Å². The van der Waals surface area contributed by atoms with E-state index >= 15 is 0 Å². The summed E-state index contributed by atoms with van der Waals surface area (Å²) in [6.45, 7) is 4.48. The molecular weight excluding hydrogens is 280 g/mol. The van der Waals surface area contributed by atoms with E-state index in [0.717, 1.165) is 18.7 Å². The third kappa shape index (κ3) is 3.84.